The fourth-order valence-electron chi connectivity index (χ4n) is 1.39. The Hall–Kier alpha value is -1.27. The Morgan fingerprint density at radius 3 is 1.69 bits per heavy atom. The summed E-state index contributed by atoms with van der Waals surface area (Å²) in [7, 11) is 0. The van der Waals surface area contributed by atoms with E-state index in [0.717, 1.165) is 12.8 Å². The maximum atomic E-state index is 10.6. The maximum absolute atomic E-state index is 10.6. The Labute approximate surface area is 90.6 Å². The standard InChI is InChI=1S/C7H13NO.C2HF3O2/c8-7(9)6-4-2-1-3-5-6;3-2(4,5)1(6)7/h6H,1-5H2,(H2,8,9);(H,6,7). The zero-order valence-corrected chi connectivity index (χ0v) is 8.59. The quantitative estimate of drug-likeness (QED) is 0.733. The SMILES string of the molecule is NC(=O)C1CCCCC1.O=C(O)C(F)(F)F. The van der Waals surface area contributed by atoms with Gasteiger partial charge < -0.3 is 10.8 Å². The second-order valence-corrected chi connectivity index (χ2v) is 3.54. The van der Waals surface area contributed by atoms with E-state index in [1.165, 1.54) is 19.3 Å². The molecule has 0 spiro atoms. The predicted molar refractivity (Wildman–Crippen MR) is 49.5 cm³/mol. The minimum atomic E-state index is -5.08. The summed E-state index contributed by atoms with van der Waals surface area (Å²) < 4.78 is 31.7. The number of primary amides is 1. The molecule has 1 amide bonds. The molecule has 0 aromatic carbocycles. The van der Waals surface area contributed by atoms with Crippen molar-refractivity contribution < 1.29 is 27.9 Å². The molecule has 0 aromatic heterocycles. The summed E-state index contributed by atoms with van der Waals surface area (Å²) in [5.74, 6) is -2.67. The van der Waals surface area contributed by atoms with Gasteiger partial charge in [-0.1, -0.05) is 19.3 Å². The molecule has 1 rings (SSSR count). The normalized spacial score (nSPS) is 17.2. The van der Waals surface area contributed by atoms with Crippen molar-refractivity contribution in [1.82, 2.24) is 0 Å². The Kier molecular flexibility index (Phi) is 5.84. The molecule has 0 atom stereocenters. The first kappa shape index (κ1) is 14.7. The lowest BCUT2D eigenvalue weighted by atomic mass is 9.89. The number of halogens is 3. The van der Waals surface area contributed by atoms with Crippen molar-refractivity contribution in [3.05, 3.63) is 0 Å². The average molecular weight is 241 g/mol. The summed E-state index contributed by atoms with van der Waals surface area (Å²) >= 11 is 0. The van der Waals surface area contributed by atoms with Crippen LogP contribution in [0, 0.1) is 5.92 Å². The minimum Gasteiger partial charge on any atom is -0.475 e. The van der Waals surface area contributed by atoms with E-state index in [2.05, 4.69) is 0 Å². The molecule has 3 N–H and O–H groups in total. The first-order chi connectivity index (χ1) is 7.25. The number of hydrogen-bond donors (Lipinski definition) is 2. The van der Waals surface area contributed by atoms with Crippen LogP contribution < -0.4 is 5.73 Å². The second-order valence-electron chi connectivity index (χ2n) is 3.54. The highest BCUT2D eigenvalue weighted by atomic mass is 19.4. The van der Waals surface area contributed by atoms with Gasteiger partial charge in [0.2, 0.25) is 5.91 Å². The fourth-order valence-corrected chi connectivity index (χ4v) is 1.39. The van der Waals surface area contributed by atoms with Crippen molar-refractivity contribution in [2.45, 2.75) is 38.3 Å². The van der Waals surface area contributed by atoms with E-state index in [4.69, 9.17) is 15.6 Å². The monoisotopic (exact) mass is 241 g/mol. The highest BCUT2D eigenvalue weighted by Gasteiger charge is 2.38. The Bertz CT molecular complexity index is 247. The molecule has 0 heterocycles. The molecular weight excluding hydrogens is 227 g/mol. The van der Waals surface area contributed by atoms with E-state index in [1.54, 1.807) is 0 Å². The number of nitrogens with two attached hydrogens (primary N) is 1. The Morgan fingerprint density at radius 1 is 1.12 bits per heavy atom. The van der Waals surface area contributed by atoms with Crippen molar-refractivity contribution in [3.8, 4) is 0 Å². The molecule has 94 valence electrons. The number of carboxylic acids is 1. The molecule has 7 heteroatoms. The van der Waals surface area contributed by atoms with Crippen LogP contribution in [-0.2, 0) is 9.59 Å². The molecule has 1 aliphatic rings. The zero-order chi connectivity index (χ0) is 12.8. The van der Waals surface area contributed by atoms with Crippen molar-refractivity contribution in [1.29, 1.82) is 0 Å². The summed E-state index contributed by atoms with van der Waals surface area (Å²) in [6, 6.07) is 0. The molecule has 0 aliphatic heterocycles. The number of amides is 1. The number of rotatable bonds is 1. The van der Waals surface area contributed by atoms with Gasteiger partial charge in [-0.05, 0) is 12.8 Å². The summed E-state index contributed by atoms with van der Waals surface area (Å²) in [5, 5.41) is 7.12. The summed E-state index contributed by atoms with van der Waals surface area (Å²) in [6.07, 6.45) is 0.621. The number of carboxylic acid groups (broad SMARTS) is 1. The van der Waals surface area contributed by atoms with Crippen LogP contribution in [0.1, 0.15) is 32.1 Å². The minimum absolute atomic E-state index is 0.102. The van der Waals surface area contributed by atoms with Crippen LogP contribution in [0.5, 0.6) is 0 Å². The first-order valence-electron chi connectivity index (χ1n) is 4.84. The third-order valence-corrected chi connectivity index (χ3v) is 2.25. The molecule has 16 heavy (non-hydrogen) atoms. The highest BCUT2D eigenvalue weighted by molar-refractivity contribution is 5.76. The number of aliphatic carboxylic acids is 1. The highest BCUT2D eigenvalue weighted by Crippen LogP contribution is 2.22. The fraction of sp³-hybridized carbons (Fsp3) is 0.778. The lowest BCUT2D eigenvalue weighted by molar-refractivity contribution is -0.192. The third-order valence-electron chi connectivity index (χ3n) is 2.25. The van der Waals surface area contributed by atoms with E-state index in [0.29, 0.717) is 0 Å². The second kappa shape index (κ2) is 6.34. The van der Waals surface area contributed by atoms with Crippen LogP contribution in [-0.4, -0.2) is 23.2 Å². The maximum Gasteiger partial charge on any atom is 0.490 e. The van der Waals surface area contributed by atoms with Gasteiger partial charge in [0.15, 0.2) is 0 Å². The molecule has 0 bridgehead atoms. The molecular formula is C9H14F3NO3. The molecule has 0 saturated heterocycles. The molecule has 4 nitrogen and oxygen atoms in total. The molecule has 0 radical (unpaired) electrons. The van der Waals surface area contributed by atoms with Gasteiger partial charge in [0.05, 0.1) is 0 Å². The first-order valence-corrected chi connectivity index (χ1v) is 4.84. The summed E-state index contributed by atoms with van der Waals surface area (Å²) in [6.45, 7) is 0. The van der Waals surface area contributed by atoms with Crippen LogP contribution in [0.4, 0.5) is 13.2 Å². The molecule has 0 aromatic rings. The van der Waals surface area contributed by atoms with Gasteiger partial charge >= 0.3 is 12.1 Å². The van der Waals surface area contributed by atoms with Crippen molar-refractivity contribution in [2.24, 2.45) is 11.7 Å². The van der Waals surface area contributed by atoms with Crippen LogP contribution >= 0.6 is 0 Å². The number of carbonyl (C=O) groups excluding carboxylic acids is 1. The van der Waals surface area contributed by atoms with Crippen LogP contribution in [0.3, 0.4) is 0 Å². The predicted octanol–water partition coefficient (Wildman–Crippen LogP) is 1.69. The van der Waals surface area contributed by atoms with E-state index in [9.17, 15) is 18.0 Å². The van der Waals surface area contributed by atoms with E-state index in [1.807, 2.05) is 0 Å². The molecule has 1 aliphatic carbocycles. The van der Waals surface area contributed by atoms with E-state index >= 15 is 0 Å². The smallest absolute Gasteiger partial charge is 0.475 e. The number of hydrogen-bond acceptors (Lipinski definition) is 2. The lowest BCUT2D eigenvalue weighted by Crippen LogP contribution is -2.24. The van der Waals surface area contributed by atoms with Crippen molar-refractivity contribution >= 4 is 11.9 Å². The summed E-state index contributed by atoms with van der Waals surface area (Å²) in [4.78, 5) is 19.5. The number of alkyl halides is 3. The van der Waals surface area contributed by atoms with Gasteiger partial charge in [-0.3, -0.25) is 4.79 Å². The third kappa shape index (κ3) is 6.26. The Morgan fingerprint density at radius 2 is 1.50 bits per heavy atom. The summed E-state index contributed by atoms with van der Waals surface area (Å²) in [5.41, 5.74) is 5.13. The molecule has 1 fully saturated rings. The largest absolute Gasteiger partial charge is 0.490 e. The van der Waals surface area contributed by atoms with Gasteiger partial charge in [-0.2, -0.15) is 13.2 Å². The van der Waals surface area contributed by atoms with Crippen LogP contribution in [0.25, 0.3) is 0 Å². The van der Waals surface area contributed by atoms with Gasteiger partial charge in [0.1, 0.15) is 0 Å². The molecule has 1 saturated carbocycles. The van der Waals surface area contributed by atoms with Crippen LogP contribution in [0.15, 0.2) is 0 Å². The van der Waals surface area contributed by atoms with Crippen molar-refractivity contribution in [2.75, 3.05) is 0 Å². The van der Waals surface area contributed by atoms with Gasteiger partial charge in [-0.25, -0.2) is 4.79 Å². The van der Waals surface area contributed by atoms with E-state index < -0.39 is 12.1 Å². The Balaban J connectivity index is 0.000000293. The van der Waals surface area contributed by atoms with Gasteiger partial charge in [0, 0.05) is 5.92 Å². The topological polar surface area (TPSA) is 80.4 Å². The number of carbonyl (C=O) groups is 2. The molecule has 0 unspecified atom stereocenters. The average Bonchev–Trinajstić information content (AvgIpc) is 2.18. The lowest BCUT2D eigenvalue weighted by Gasteiger charge is -2.17. The van der Waals surface area contributed by atoms with Crippen molar-refractivity contribution in [3.63, 3.8) is 0 Å². The van der Waals surface area contributed by atoms with Gasteiger partial charge in [0.25, 0.3) is 0 Å². The van der Waals surface area contributed by atoms with E-state index in [-0.39, 0.29) is 11.8 Å². The zero-order valence-electron chi connectivity index (χ0n) is 8.59. The van der Waals surface area contributed by atoms with Gasteiger partial charge in [-0.15, -0.1) is 0 Å². The van der Waals surface area contributed by atoms with Crippen LogP contribution in [0.2, 0.25) is 0 Å².